The number of hydrogen-bond acceptors (Lipinski definition) is 4. The topological polar surface area (TPSA) is 45.2 Å². The highest BCUT2D eigenvalue weighted by Crippen LogP contribution is 2.14. The Balaban J connectivity index is 1.30. The van der Waals surface area contributed by atoms with Crippen LogP contribution in [0.15, 0.2) is 71.7 Å². The van der Waals surface area contributed by atoms with Crippen LogP contribution in [0, 0.1) is 0 Å². The first kappa shape index (κ1) is 25.9. The van der Waals surface area contributed by atoms with Crippen LogP contribution in [-0.2, 0) is 24.2 Å². The van der Waals surface area contributed by atoms with E-state index in [2.05, 4.69) is 70.1 Å². The maximum absolute atomic E-state index is 11.9. The van der Waals surface area contributed by atoms with Crippen molar-refractivity contribution in [2.45, 2.75) is 58.5 Å². The fourth-order valence-corrected chi connectivity index (χ4v) is 4.52. The standard InChI is InChI=1S/C29H37N3OS/c1-24(2)32(19-15-28-16-20-34-23-28)22-27-11-9-25(10-12-27)7-4-3-5-18-31-29(33)14-13-26-8-6-17-30-21-26/h6,8-14,16-17,20-21,23-24H,3-5,7,15,18-19,22H2,1-2H3,(H,31,33)/b14-13+. The first-order valence-corrected chi connectivity index (χ1v) is 13.2. The van der Waals surface area contributed by atoms with Crippen LogP contribution >= 0.6 is 11.3 Å². The van der Waals surface area contributed by atoms with E-state index in [9.17, 15) is 4.79 Å². The van der Waals surface area contributed by atoms with Crippen molar-refractivity contribution in [3.05, 3.63) is 93.9 Å². The molecule has 4 nitrogen and oxygen atoms in total. The fourth-order valence-electron chi connectivity index (χ4n) is 3.82. The number of aromatic nitrogens is 1. The Labute approximate surface area is 208 Å². The van der Waals surface area contributed by atoms with E-state index < -0.39 is 0 Å². The number of nitrogens with zero attached hydrogens (tertiary/aromatic N) is 2. The summed E-state index contributed by atoms with van der Waals surface area (Å²) in [5, 5.41) is 7.37. The van der Waals surface area contributed by atoms with Crippen LogP contribution in [0.25, 0.3) is 6.08 Å². The molecule has 5 heteroatoms. The van der Waals surface area contributed by atoms with Crippen LogP contribution < -0.4 is 5.32 Å². The van der Waals surface area contributed by atoms with E-state index in [-0.39, 0.29) is 5.91 Å². The highest BCUT2D eigenvalue weighted by atomic mass is 32.1. The molecule has 0 radical (unpaired) electrons. The third-order valence-corrected chi connectivity index (χ3v) is 6.69. The Morgan fingerprint density at radius 1 is 1.03 bits per heavy atom. The first-order chi connectivity index (χ1) is 16.6. The van der Waals surface area contributed by atoms with Crippen molar-refractivity contribution < 1.29 is 4.79 Å². The second-order valence-corrected chi connectivity index (χ2v) is 9.76. The fraction of sp³-hybridized carbons (Fsp3) is 0.379. The van der Waals surface area contributed by atoms with Crippen LogP contribution in [0.1, 0.15) is 55.4 Å². The minimum Gasteiger partial charge on any atom is -0.353 e. The second-order valence-electron chi connectivity index (χ2n) is 8.98. The molecule has 34 heavy (non-hydrogen) atoms. The number of amides is 1. The molecule has 0 unspecified atom stereocenters. The normalized spacial score (nSPS) is 11.5. The Morgan fingerprint density at radius 3 is 2.56 bits per heavy atom. The van der Waals surface area contributed by atoms with Crippen LogP contribution in [0.5, 0.6) is 0 Å². The van der Waals surface area contributed by atoms with Crippen molar-refractivity contribution in [1.82, 2.24) is 15.2 Å². The van der Waals surface area contributed by atoms with Gasteiger partial charge in [0.1, 0.15) is 0 Å². The third-order valence-electron chi connectivity index (χ3n) is 5.96. The molecule has 0 atom stereocenters. The monoisotopic (exact) mass is 475 g/mol. The SMILES string of the molecule is CC(C)N(CCc1ccsc1)Cc1ccc(CCCCCNC(=O)/C=C/c2cccnc2)cc1. The highest BCUT2D eigenvalue weighted by molar-refractivity contribution is 7.07. The molecule has 1 aromatic carbocycles. The van der Waals surface area contributed by atoms with Gasteiger partial charge in [-0.05, 0) is 90.8 Å². The molecule has 0 saturated carbocycles. The lowest BCUT2D eigenvalue weighted by Gasteiger charge is -2.26. The van der Waals surface area contributed by atoms with Crippen molar-refractivity contribution >= 4 is 23.3 Å². The van der Waals surface area contributed by atoms with Gasteiger partial charge in [-0.2, -0.15) is 11.3 Å². The Kier molecular flexibility index (Phi) is 11.0. The lowest BCUT2D eigenvalue weighted by molar-refractivity contribution is -0.116. The Hall–Kier alpha value is -2.76. The first-order valence-electron chi connectivity index (χ1n) is 12.3. The molecule has 0 aliphatic heterocycles. The predicted molar refractivity (Wildman–Crippen MR) is 144 cm³/mol. The second kappa shape index (κ2) is 14.5. The minimum atomic E-state index is -0.0507. The van der Waals surface area contributed by atoms with Gasteiger partial charge in [-0.25, -0.2) is 0 Å². The van der Waals surface area contributed by atoms with E-state index in [1.807, 2.05) is 12.1 Å². The van der Waals surface area contributed by atoms with Gasteiger partial charge in [-0.1, -0.05) is 36.8 Å². The molecule has 0 saturated heterocycles. The quantitative estimate of drug-likeness (QED) is 0.225. The van der Waals surface area contributed by atoms with Crippen molar-refractivity contribution in [2.75, 3.05) is 13.1 Å². The van der Waals surface area contributed by atoms with Crippen LogP contribution in [0.2, 0.25) is 0 Å². The molecular weight excluding hydrogens is 438 g/mol. The highest BCUT2D eigenvalue weighted by Gasteiger charge is 2.10. The van der Waals surface area contributed by atoms with Crippen molar-refractivity contribution in [3.8, 4) is 0 Å². The van der Waals surface area contributed by atoms with E-state index in [4.69, 9.17) is 0 Å². The van der Waals surface area contributed by atoms with Gasteiger partial charge >= 0.3 is 0 Å². The summed E-state index contributed by atoms with van der Waals surface area (Å²) in [5.74, 6) is -0.0507. The molecule has 180 valence electrons. The molecular formula is C29H37N3OS. The van der Waals surface area contributed by atoms with Crippen molar-refractivity contribution in [1.29, 1.82) is 0 Å². The Bertz CT molecular complexity index is 982. The number of carbonyl (C=O) groups excluding carboxylic acids is 1. The van der Waals surface area contributed by atoms with Gasteiger partial charge in [-0.15, -0.1) is 0 Å². The van der Waals surface area contributed by atoms with Crippen LogP contribution in [0.3, 0.4) is 0 Å². The number of unbranched alkanes of at least 4 members (excludes halogenated alkanes) is 2. The Morgan fingerprint density at radius 2 is 1.85 bits per heavy atom. The molecule has 0 bridgehead atoms. The molecule has 2 aromatic heterocycles. The molecule has 2 heterocycles. The van der Waals surface area contributed by atoms with E-state index >= 15 is 0 Å². The molecule has 0 aliphatic carbocycles. The summed E-state index contributed by atoms with van der Waals surface area (Å²) in [6.07, 6.45) is 12.3. The number of rotatable bonds is 14. The predicted octanol–water partition coefficient (Wildman–Crippen LogP) is 6.14. The van der Waals surface area contributed by atoms with Gasteiger partial charge in [-0.3, -0.25) is 14.7 Å². The molecule has 1 amide bonds. The minimum absolute atomic E-state index is 0.0507. The zero-order valence-electron chi connectivity index (χ0n) is 20.5. The van der Waals surface area contributed by atoms with E-state index in [1.54, 1.807) is 35.9 Å². The van der Waals surface area contributed by atoms with Crippen LogP contribution in [-0.4, -0.2) is 34.9 Å². The molecule has 0 aliphatic rings. The number of thiophene rings is 1. The summed E-state index contributed by atoms with van der Waals surface area (Å²) in [7, 11) is 0. The van der Waals surface area contributed by atoms with Gasteiger partial charge < -0.3 is 5.32 Å². The van der Waals surface area contributed by atoms with Gasteiger partial charge in [0.15, 0.2) is 0 Å². The molecule has 1 N–H and O–H groups in total. The number of aryl methyl sites for hydroxylation is 1. The average molecular weight is 476 g/mol. The molecule has 0 fully saturated rings. The summed E-state index contributed by atoms with van der Waals surface area (Å²) in [4.78, 5) is 18.5. The number of carbonyl (C=O) groups is 1. The summed E-state index contributed by atoms with van der Waals surface area (Å²) >= 11 is 1.78. The average Bonchev–Trinajstić information content (AvgIpc) is 3.37. The number of hydrogen-bond donors (Lipinski definition) is 1. The van der Waals surface area contributed by atoms with Gasteiger partial charge in [0.25, 0.3) is 0 Å². The summed E-state index contributed by atoms with van der Waals surface area (Å²) in [5.41, 5.74) is 5.14. The van der Waals surface area contributed by atoms with E-state index in [0.29, 0.717) is 12.6 Å². The smallest absolute Gasteiger partial charge is 0.243 e. The number of benzene rings is 1. The zero-order valence-corrected chi connectivity index (χ0v) is 21.3. The number of pyridine rings is 1. The van der Waals surface area contributed by atoms with Crippen molar-refractivity contribution in [3.63, 3.8) is 0 Å². The van der Waals surface area contributed by atoms with Crippen molar-refractivity contribution in [2.24, 2.45) is 0 Å². The van der Waals surface area contributed by atoms with Gasteiger partial charge in [0.05, 0.1) is 0 Å². The van der Waals surface area contributed by atoms with Gasteiger partial charge in [0.2, 0.25) is 5.91 Å². The molecule has 3 aromatic rings. The molecule has 3 rings (SSSR count). The summed E-state index contributed by atoms with van der Waals surface area (Å²) < 4.78 is 0. The molecule has 0 spiro atoms. The number of nitrogens with one attached hydrogen (secondary N) is 1. The lowest BCUT2D eigenvalue weighted by Crippen LogP contribution is -2.32. The van der Waals surface area contributed by atoms with Crippen LogP contribution in [0.4, 0.5) is 0 Å². The van der Waals surface area contributed by atoms with E-state index in [0.717, 1.165) is 50.8 Å². The van der Waals surface area contributed by atoms with E-state index in [1.165, 1.54) is 16.7 Å². The summed E-state index contributed by atoms with van der Waals surface area (Å²) in [6.45, 7) is 7.36. The third kappa shape index (κ3) is 9.62. The lowest BCUT2D eigenvalue weighted by atomic mass is 10.0. The maximum Gasteiger partial charge on any atom is 0.243 e. The largest absolute Gasteiger partial charge is 0.353 e. The van der Waals surface area contributed by atoms with Gasteiger partial charge in [0, 0.05) is 44.1 Å². The zero-order chi connectivity index (χ0) is 24.0. The maximum atomic E-state index is 11.9. The summed E-state index contributed by atoms with van der Waals surface area (Å²) in [6, 6.07) is 15.7.